The average molecular weight is 358 g/mol. The van der Waals surface area contributed by atoms with Gasteiger partial charge in [-0.1, -0.05) is 26.7 Å². The van der Waals surface area contributed by atoms with Crippen LogP contribution in [0.3, 0.4) is 0 Å². The smallest absolute Gasteiger partial charge is 0.0576 e. The molecule has 3 N–H and O–H groups in total. The Balaban J connectivity index is 2.11. The fourth-order valence-corrected chi connectivity index (χ4v) is 3.52. The van der Waals surface area contributed by atoms with Crippen LogP contribution < -0.4 is 11.1 Å². The summed E-state index contributed by atoms with van der Waals surface area (Å²) >= 11 is 2.30. The molecule has 0 bridgehead atoms. The molecule has 1 aliphatic carbocycles. The van der Waals surface area contributed by atoms with E-state index in [-0.39, 0.29) is 0 Å². The van der Waals surface area contributed by atoms with Crippen molar-refractivity contribution in [3.8, 4) is 0 Å². The maximum Gasteiger partial charge on any atom is 0.0576 e. The second kappa shape index (κ2) is 6.13. The summed E-state index contributed by atoms with van der Waals surface area (Å²) in [4.78, 5) is 0. The Morgan fingerprint density at radius 3 is 2.67 bits per heavy atom. The zero-order chi connectivity index (χ0) is 13.1. The van der Waals surface area contributed by atoms with Crippen molar-refractivity contribution >= 4 is 34.0 Å². The monoisotopic (exact) mass is 358 g/mol. The van der Waals surface area contributed by atoms with Gasteiger partial charge in [-0.2, -0.15) is 0 Å². The third-order valence-corrected chi connectivity index (χ3v) is 4.70. The SMILES string of the molecule is CC(C)C1CCCCC1Nc1ccc(I)cc1N. The highest BCUT2D eigenvalue weighted by Crippen LogP contribution is 2.33. The number of anilines is 2. The molecule has 2 rings (SSSR count). The Labute approximate surface area is 124 Å². The quantitative estimate of drug-likeness (QED) is 0.617. The van der Waals surface area contributed by atoms with Gasteiger partial charge in [-0.05, 0) is 65.5 Å². The van der Waals surface area contributed by atoms with Crippen molar-refractivity contribution in [1.82, 2.24) is 0 Å². The first-order valence-corrected chi connectivity index (χ1v) is 7.97. The van der Waals surface area contributed by atoms with Gasteiger partial charge in [0.1, 0.15) is 0 Å². The van der Waals surface area contributed by atoms with Crippen molar-refractivity contribution < 1.29 is 0 Å². The van der Waals surface area contributed by atoms with Gasteiger partial charge in [-0.3, -0.25) is 0 Å². The molecule has 1 saturated carbocycles. The van der Waals surface area contributed by atoms with Crippen molar-refractivity contribution in [2.75, 3.05) is 11.1 Å². The molecule has 0 spiro atoms. The number of nitrogens with two attached hydrogens (primary N) is 1. The summed E-state index contributed by atoms with van der Waals surface area (Å²) in [6.07, 6.45) is 5.34. The Morgan fingerprint density at radius 2 is 2.00 bits per heavy atom. The number of hydrogen-bond acceptors (Lipinski definition) is 2. The second-order valence-electron chi connectivity index (χ2n) is 5.67. The minimum absolute atomic E-state index is 0.584. The van der Waals surface area contributed by atoms with Gasteiger partial charge in [0.15, 0.2) is 0 Å². The largest absolute Gasteiger partial charge is 0.397 e. The van der Waals surface area contributed by atoms with Crippen LogP contribution in [0.25, 0.3) is 0 Å². The van der Waals surface area contributed by atoms with Gasteiger partial charge in [0.2, 0.25) is 0 Å². The third kappa shape index (κ3) is 3.31. The standard InChI is InChI=1S/C15H23IN2/c1-10(2)12-5-3-4-6-14(12)18-15-8-7-11(16)9-13(15)17/h7-10,12,14,18H,3-6,17H2,1-2H3. The number of nitrogens with one attached hydrogen (secondary N) is 1. The van der Waals surface area contributed by atoms with Crippen LogP contribution in [-0.2, 0) is 0 Å². The first kappa shape index (κ1) is 14.0. The predicted octanol–water partition coefficient (Wildman–Crippen LogP) is 4.50. The summed E-state index contributed by atoms with van der Waals surface area (Å²) in [6.45, 7) is 4.67. The van der Waals surface area contributed by atoms with Crippen LogP contribution in [0.2, 0.25) is 0 Å². The van der Waals surface area contributed by atoms with E-state index in [4.69, 9.17) is 5.73 Å². The molecular formula is C15H23IN2. The highest BCUT2D eigenvalue weighted by molar-refractivity contribution is 14.1. The molecule has 0 heterocycles. The van der Waals surface area contributed by atoms with E-state index in [1.165, 1.54) is 29.3 Å². The first-order chi connectivity index (χ1) is 8.58. The molecule has 1 fully saturated rings. The fourth-order valence-electron chi connectivity index (χ4n) is 3.00. The normalized spacial score (nSPS) is 24.2. The minimum atomic E-state index is 0.584. The van der Waals surface area contributed by atoms with Gasteiger partial charge in [0.25, 0.3) is 0 Å². The van der Waals surface area contributed by atoms with Crippen molar-refractivity contribution in [3.63, 3.8) is 0 Å². The second-order valence-corrected chi connectivity index (χ2v) is 6.92. The lowest BCUT2D eigenvalue weighted by Gasteiger charge is -2.35. The molecule has 3 heteroatoms. The minimum Gasteiger partial charge on any atom is -0.397 e. The molecule has 2 nitrogen and oxygen atoms in total. The third-order valence-electron chi connectivity index (χ3n) is 4.03. The summed E-state index contributed by atoms with van der Waals surface area (Å²) in [7, 11) is 0. The topological polar surface area (TPSA) is 38.0 Å². The Kier molecular flexibility index (Phi) is 4.76. The van der Waals surface area contributed by atoms with Gasteiger partial charge >= 0.3 is 0 Å². The van der Waals surface area contributed by atoms with Gasteiger partial charge in [-0.15, -0.1) is 0 Å². The van der Waals surface area contributed by atoms with E-state index in [1.807, 2.05) is 6.07 Å². The average Bonchev–Trinajstić information content (AvgIpc) is 2.33. The zero-order valence-electron chi connectivity index (χ0n) is 11.2. The summed E-state index contributed by atoms with van der Waals surface area (Å²) in [5.41, 5.74) is 8.07. The summed E-state index contributed by atoms with van der Waals surface area (Å²) in [5, 5.41) is 3.68. The van der Waals surface area contributed by atoms with Crippen LogP contribution in [0.1, 0.15) is 39.5 Å². The molecule has 1 aromatic rings. The Hall–Kier alpha value is -0.450. The van der Waals surface area contributed by atoms with Crippen molar-refractivity contribution in [2.45, 2.75) is 45.6 Å². The van der Waals surface area contributed by atoms with Gasteiger partial charge in [0.05, 0.1) is 11.4 Å². The molecule has 100 valence electrons. The zero-order valence-corrected chi connectivity index (χ0v) is 13.4. The van der Waals surface area contributed by atoms with Crippen molar-refractivity contribution in [2.24, 2.45) is 11.8 Å². The highest BCUT2D eigenvalue weighted by atomic mass is 127. The van der Waals surface area contributed by atoms with Crippen molar-refractivity contribution in [1.29, 1.82) is 0 Å². The highest BCUT2D eigenvalue weighted by Gasteiger charge is 2.27. The van der Waals surface area contributed by atoms with Crippen LogP contribution in [0, 0.1) is 15.4 Å². The maximum atomic E-state index is 6.09. The van der Waals surface area contributed by atoms with Crippen LogP contribution in [0.5, 0.6) is 0 Å². The number of halogens is 1. The molecule has 0 aliphatic heterocycles. The van der Waals surface area contributed by atoms with Crippen LogP contribution in [0.15, 0.2) is 18.2 Å². The number of benzene rings is 1. The van der Waals surface area contributed by atoms with Gasteiger partial charge < -0.3 is 11.1 Å². The Bertz CT molecular complexity index is 403. The number of rotatable bonds is 3. The molecule has 2 atom stereocenters. The number of hydrogen-bond donors (Lipinski definition) is 2. The van der Waals surface area contributed by atoms with E-state index < -0.39 is 0 Å². The van der Waals surface area contributed by atoms with E-state index in [2.05, 4.69) is 53.9 Å². The summed E-state index contributed by atoms with van der Waals surface area (Å²) in [6, 6.07) is 6.85. The van der Waals surface area contributed by atoms with E-state index in [9.17, 15) is 0 Å². The lowest BCUT2D eigenvalue weighted by molar-refractivity contribution is 0.254. The molecule has 1 aliphatic rings. The van der Waals surface area contributed by atoms with E-state index in [0.717, 1.165) is 23.2 Å². The molecule has 0 saturated heterocycles. The molecule has 0 radical (unpaired) electrons. The van der Waals surface area contributed by atoms with E-state index in [1.54, 1.807) is 0 Å². The maximum absolute atomic E-state index is 6.09. The van der Waals surface area contributed by atoms with E-state index >= 15 is 0 Å². The first-order valence-electron chi connectivity index (χ1n) is 6.89. The molecular weight excluding hydrogens is 335 g/mol. The lowest BCUT2D eigenvalue weighted by atomic mass is 9.78. The van der Waals surface area contributed by atoms with E-state index in [0.29, 0.717) is 6.04 Å². The molecule has 1 aromatic carbocycles. The fraction of sp³-hybridized carbons (Fsp3) is 0.600. The molecule has 18 heavy (non-hydrogen) atoms. The lowest BCUT2D eigenvalue weighted by Crippen LogP contribution is -2.35. The number of nitrogen functional groups attached to an aromatic ring is 1. The van der Waals surface area contributed by atoms with Crippen LogP contribution >= 0.6 is 22.6 Å². The van der Waals surface area contributed by atoms with Crippen LogP contribution in [-0.4, -0.2) is 6.04 Å². The molecule has 0 aromatic heterocycles. The van der Waals surface area contributed by atoms with Gasteiger partial charge in [-0.25, -0.2) is 0 Å². The predicted molar refractivity (Wildman–Crippen MR) is 87.8 cm³/mol. The Morgan fingerprint density at radius 1 is 1.28 bits per heavy atom. The molecule has 2 unspecified atom stereocenters. The summed E-state index contributed by atoms with van der Waals surface area (Å²) < 4.78 is 1.19. The van der Waals surface area contributed by atoms with Crippen LogP contribution in [0.4, 0.5) is 11.4 Å². The molecule has 0 amide bonds. The van der Waals surface area contributed by atoms with Gasteiger partial charge in [0, 0.05) is 9.61 Å². The van der Waals surface area contributed by atoms with Crippen molar-refractivity contribution in [3.05, 3.63) is 21.8 Å². The summed E-state index contributed by atoms with van der Waals surface area (Å²) in [5.74, 6) is 1.52.